The van der Waals surface area contributed by atoms with Gasteiger partial charge in [0.15, 0.2) is 0 Å². The van der Waals surface area contributed by atoms with Gasteiger partial charge in [-0.05, 0) is 19.3 Å². The molecule has 0 aromatic rings. The molecule has 2 aliphatic rings. The average molecular weight is 226 g/mol. The summed E-state index contributed by atoms with van der Waals surface area (Å²) in [6.45, 7) is 0.509. The number of carboxylic acids is 1. The minimum absolute atomic E-state index is 0.228. The molecule has 3 N–H and O–H groups in total. The van der Waals surface area contributed by atoms with Crippen molar-refractivity contribution in [1.82, 2.24) is 4.90 Å². The van der Waals surface area contributed by atoms with Crippen LogP contribution < -0.4 is 5.73 Å². The Morgan fingerprint density at radius 2 is 1.94 bits per heavy atom. The van der Waals surface area contributed by atoms with Crippen molar-refractivity contribution < 1.29 is 19.5 Å². The lowest BCUT2D eigenvalue weighted by molar-refractivity contribution is -0.143. The molecule has 1 heterocycles. The Morgan fingerprint density at radius 3 is 2.44 bits per heavy atom. The summed E-state index contributed by atoms with van der Waals surface area (Å²) in [7, 11) is 0. The number of hydrogen-bond donors (Lipinski definition) is 2. The average Bonchev–Trinajstić information content (AvgIpc) is 2.86. The normalized spacial score (nSPS) is 32.5. The maximum absolute atomic E-state index is 11.9. The number of amides is 2. The molecule has 2 fully saturated rings. The van der Waals surface area contributed by atoms with Gasteiger partial charge in [-0.25, -0.2) is 0 Å². The van der Waals surface area contributed by atoms with E-state index in [1.54, 1.807) is 0 Å². The fourth-order valence-electron chi connectivity index (χ4n) is 2.28. The Hall–Kier alpha value is -1.59. The van der Waals surface area contributed by atoms with Gasteiger partial charge in [0, 0.05) is 6.54 Å². The van der Waals surface area contributed by atoms with Gasteiger partial charge in [-0.1, -0.05) is 0 Å². The Labute approximate surface area is 92.4 Å². The molecule has 0 aromatic heterocycles. The first kappa shape index (κ1) is 10.9. The maximum Gasteiger partial charge on any atom is 0.307 e. The smallest absolute Gasteiger partial charge is 0.307 e. The van der Waals surface area contributed by atoms with Crippen LogP contribution in [-0.4, -0.2) is 40.4 Å². The number of carbonyl (C=O) groups excluding carboxylic acids is 2. The van der Waals surface area contributed by atoms with Crippen LogP contribution in [0.3, 0.4) is 0 Å². The Balaban J connectivity index is 2.00. The fraction of sp³-hybridized carbons (Fsp3) is 0.700. The summed E-state index contributed by atoms with van der Waals surface area (Å²) < 4.78 is 0. The molecule has 16 heavy (non-hydrogen) atoms. The topological polar surface area (TPSA) is 101 Å². The molecule has 6 heteroatoms. The zero-order valence-corrected chi connectivity index (χ0v) is 8.76. The lowest BCUT2D eigenvalue weighted by atomic mass is 10.2. The van der Waals surface area contributed by atoms with Crippen molar-refractivity contribution in [3.63, 3.8) is 0 Å². The molecule has 1 aliphatic carbocycles. The van der Waals surface area contributed by atoms with Crippen LogP contribution in [-0.2, 0) is 14.4 Å². The molecule has 0 bridgehead atoms. The number of nitrogens with zero attached hydrogens (tertiary/aromatic N) is 1. The van der Waals surface area contributed by atoms with Crippen LogP contribution in [0.2, 0.25) is 0 Å². The number of nitrogens with two attached hydrogens (primary N) is 1. The molecule has 2 rings (SSSR count). The number of carbonyl (C=O) groups is 3. The van der Waals surface area contributed by atoms with E-state index < -0.39 is 29.8 Å². The number of aliphatic carboxylic acids is 1. The number of carboxylic acid groups (broad SMARTS) is 1. The molecule has 0 aromatic carbocycles. The van der Waals surface area contributed by atoms with Crippen molar-refractivity contribution >= 4 is 17.8 Å². The molecular weight excluding hydrogens is 212 g/mol. The lowest BCUT2D eigenvalue weighted by Gasteiger charge is -2.22. The molecule has 1 saturated heterocycles. The van der Waals surface area contributed by atoms with Crippen molar-refractivity contribution in [3.05, 3.63) is 0 Å². The minimum atomic E-state index is -0.937. The van der Waals surface area contributed by atoms with Gasteiger partial charge >= 0.3 is 5.97 Å². The summed E-state index contributed by atoms with van der Waals surface area (Å²) in [6, 6.07) is -0.539. The van der Waals surface area contributed by atoms with E-state index >= 15 is 0 Å². The van der Waals surface area contributed by atoms with Gasteiger partial charge in [-0.3, -0.25) is 14.4 Å². The number of hydrogen-bond acceptors (Lipinski definition) is 3. The monoisotopic (exact) mass is 226 g/mol. The van der Waals surface area contributed by atoms with E-state index in [1.165, 1.54) is 4.90 Å². The zero-order chi connectivity index (χ0) is 11.9. The standard InChI is InChI=1S/C10H14N2O4/c11-8(13)7-2-1-3-12(7)9(14)5-4-6(5)10(15)16/h5-7H,1-4H2,(H2,11,13)(H,15,16). The minimum Gasteiger partial charge on any atom is -0.481 e. The highest BCUT2D eigenvalue weighted by Gasteiger charge is 2.51. The molecule has 1 saturated carbocycles. The summed E-state index contributed by atoms with van der Waals surface area (Å²) in [5, 5.41) is 8.73. The second-order valence-corrected chi connectivity index (χ2v) is 4.38. The largest absolute Gasteiger partial charge is 0.481 e. The first-order valence-corrected chi connectivity index (χ1v) is 5.35. The highest BCUT2D eigenvalue weighted by molar-refractivity contribution is 5.93. The van der Waals surface area contributed by atoms with Crippen LogP contribution in [0.4, 0.5) is 0 Å². The molecule has 88 valence electrons. The van der Waals surface area contributed by atoms with Gasteiger partial charge in [0.25, 0.3) is 0 Å². The van der Waals surface area contributed by atoms with Crippen LogP contribution in [0.25, 0.3) is 0 Å². The van der Waals surface area contributed by atoms with Gasteiger partial charge in [-0.2, -0.15) is 0 Å². The molecule has 3 atom stereocenters. The summed E-state index contributed by atoms with van der Waals surface area (Å²) in [6.07, 6.45) is 1.73. The third-order valence-electron chi connectivity index (χ3n) is 3.29. The maximum atomic E-state index is 11.9. The number of primary amides is 1. The first-order valence-electron chi connectivity index (χ1n) is 5.35. The predicted octanol–water partition coefficient (Wildman–Crippen LogP) is -0.817. The highest BCUT2D eigenvalue weighted by atomic mass is 16.4. The predicted molar refractivity (Wildman–Crippen MR) is 53.2 cm³/mol. The molecule has 3 unspecified atom stereocenters. The Kier molecular flexibility index (Phi) is 2.57. The second-order valence-electron chi connectivity index (χ2n) is 4.38. The van der Waals surface area contributed by atoms with E-state index in [0.717, 1.165) is 6.42 Å². The summed E-state index contributed by atoms with van der Waals surface area (Å²) >= 11 is 0. The van der Waals surface area contributed by atoms with E-state index in [-0.39, 0.29) is 5.91 Å². The quantitative estimate of drug-likeness (QED) is 0.656. The van der Waals surface area contributed by atoms with Crippen LogP contribution >= 0.6 is 0 Å². The fourth-order valence-corrected chi connectivity index (χ4v) is 2.28. The van der Waals surface area contributed by atoms with Crippen molar-refractivity contribution in [1.29, 1.82) is 0 Å². The number of rotatable bonds is 3. The van der Waals surface area contributed by atoms with E-state index in [0.29, 0.717) is 19.4 Å². The van der Waals surface area contributed by atoms with Gasteiger partial charge < -0.3 is 15.7 Å². The lowest BCUT2D eigenvalue weighted by Crippen LogP contribution is -2.44. The third-order valence-corrected chi connectivity index (χ3v) is 3.29. The van der Waals surface area contributed by atoms with Crippen molar-refractivity contribution in [2.75, 3.05) is 6.54 Å². The van der Waals surface area contributed by atoms with Crippen molar-refractivity contribution in [2.24, 2.45) is 17.6 Å². The van der Waals surface area contributed by atoms with Gasteiger partial charge in [0.05, 0.1) is 11.8 Å². The molecule has 0 radical (unpaired) electrons. The SMILES string of the molecule is NC(=O)C1CCCN1C(=O)C1CC1C(=O)O. The molecule has 2 amide bonds. The van der Waals surface area contributed by atoms with Gasteiger partial charge in [0.2, 0.25) is 11.8 Å². The van der Waals surface area contributed by atoms with E-state index in [1.807, 2.05) is 0 Å². The van der Waals surface area contributed by atoms with Crippen molar-refractivity contribution in [2.45, 2.75) is 25.3 Å². The van der Waals surface area contributed by atoms with Gasteiger partial charge in [0.1, 0.15) is 6.04 Å². The van der Waals surface area contributed by atoms with E-state index in [9.17, 15) is 14.4 Å². The van der Waals surface area contributed by atoms with E-state index in [2.05, 4.69) is 0 Å². The molecule has 6 nitrogen and oxygen atoms in total. The molecule has 0 spiro atoms. The van der Waals surface area contributed by atoms with Crippen LogP contribution in [0.5, 0.6) is 0 Å². The molecular formula is C10H14N2O4. The summed E-state index contributed by atoms with van der Waals surface area (Å²) in [4.78, 5) is 35.1. The Morgan fingerprint density at radius 1 is 1.25 bits per heavy atom. The zero-order valence-electron chi connectivity index (χ0n) is 8.76. The second kappa shape index (κ2) is 3.77. The summed E-state index contributed by atoms with van der Waals surface area (Å²) in [5.41, 5.74) is 5.19. The summed E-state index contributed by atoms with van der Waals surface area (Å²) in [5.74, 6) is -2.68. The van der Waals surface area contributed by atoms with Crippen LogP contribution in [0.1, 0.15) is 19.3 Å². The number of likely N-dealkylation sites (tertiary alicyclic amines) is 1. The first-order chi connectivity index (χ1) is 7.52. The van der Waals surface area contributed by atoms with Crippen molar-refractivity contribution in [3.8, 4) is 0 Å². The van der Waals surface area contributed by atoms with Gasteiger partial charge in [-0.15, -0.1) is 0 Å². The Bertz CT molecular complexity index is 355. The van der Waals surface area contributed by atoms with E-state index in [4.69, 9.17) is 10.8 Å². The third kappa shape index (κ3) is 1.75. The van der Waals surface area contributed by atoms with Crippen LogP contribution in [0, 0.1) is 11.8 Å². The molecule has 1 aliphatic heterocycles. The highest BCUT2D eigenvalue weighted by Crippen LogP contribution is 2.41. The van der Waals surface area contributed by atoms with Crippen LogP contribution in [0.15, 0.2) is 0 Å².